The van der Waals surface area contributed by atoms with Gasteiger partial charge in [-0.15, -0.1) is 0 Å². The largest absolute Gasteiger partial charge is 0.481 e. The molecule has 3 fully saturated rings. The lowest BCUT2D eigenvalue weighted by Gasteiger charge is -2.46. The van der Waals surface area contributed by atoms with Crippen LogP contribution < -0.4 is 10.6 Å². The summed E-state index contributed by atoms with van der Waals surface area (Å²) >= 11 is 0. The van der Waals surface area contributed by atoms with E-state index in [-0.39, 0.29) is 23.8 Å². The average molecular weight is 579 g/mol. The van der Waals surface area contributed by atoms with E-state index >= 15 is 0 Å². The molecule has 2 saturated carbocycles. The van der Waals surface area contributed by atoms with Gasteiger partial charge in [0.25, 0.3) is 0 Å². The van der Waals surface area contributed by atoms with Crippen LogP contribution in [-0.2, 0) is 23.9 Å². The van der Waals surface area contributed by atoms with Gasteiger partial charge in [0.05, 0.1) is 18.1 Å². The van der Waals surface area contributed by atoms with E-state index in [2.05, 4.69) is 17.6 Å². The molecule has 8 heteroatoms. The Morgan fingerprint density at radius 1 is 0.854 bits per heavy atom. The molecule has 2 atom stereocenters. The lowest BCUT2D eigenvalue weighted by Crippen LogP contribution is -2.62. The molecule has 1 heterocycles. The molecular formula is C33H58N2O6. The summed E-state index contributed by atoms with van der Waals surface area (Å²) in [6.45, 7) is 9.92. The van der Waals surface area contributed by atoms with Crippen LogP contribution >= 0.6 is 0 Å². The highest BCUT2D eigenvalue weighted by Crippen LogP contribution is 2.47. The molecule has 3 rings (SSSR count). The first-order valence-electron chi connectivity index (χ1n) is 16.5. The number of carboxylic acids is 1. The molecule has 0 bridgehead atoms. The van der Waals surface area contributed by atoms with E-state index in [0.717, 1.165) is 51.4 Å². The maximum Gasteiger partial charge on any atom is 0.310 e. The quantitative estimate of drug-likeness (QED) is 0.170. The second-order valence-electron chi connectivity index (χ2n) is 14.3. The average Bonchev–Trinajstić information content (AvgIpc) is 3.34. The van der Waals surface area contributed by atoms with Gasteiger partial charge in [0.2, 0.25) is 11.8 Å². The lowest BCUT2D eigenvalue weighted by molar-refractivity contribution is -0.304. The molecule has 2 aliphatic carbocycles. The predicted molar refractivity (Wildman–Crippen MR) is 160 cm³/mol. The number of nitrogens with one attached hydrogen (secondary N) is 2. The van der Waals surface area contributed by atoms with Crippen LogP contribution in [-0.4, -0.2) is 53.5 Å². The Morgan fingerprint density at radius 3 is 1.98 bits per heavy atom. The highest BCUT2D eigenvalue weighted by atomic mass is 16.7. The molecule has 0 aromatic carbocycles. The van der Waals surface area contributed by atoms with Gasteiger partial charge in [0.15, 0.2) is 5.79 Å². The molecule has 0 aromatic heterocycles. The molecule has 0 aromatic rings. The van der Waals surface area contributed by atoms with E-state index < -0.39 is 34.7 Å². The van der Waals surface area contributed by atoms with Crippen molar-refractivity contribution in [3.05, 3.63) is 0 Å². The lowest BCUT2D eigenvalue weighted by atomic mass is 9.64. The molecule has 0 radical (unpaired) electrons. The normalized spacial score (nSPS) is 24.7. The van der Waals surface area contributed by atoms with Crippen LogP contribution in [0.1, 0.15) is 144 Å². The fraction of sp³-hybridized carbons (Fsp3) is 0.909. The summed E-state index contributed by atoms with van der Waals surface area (Å²) in [5, 5.41) is 16.5. The number of amides is 2. The minimum atomic E-state index is -0.985. The van der Waals surface area contributed by atoms with Crippen LogP contribution in [0.4, 0.5) is 0 Å². The van der Waals surface area contributed by atoms with E-state index in [1.54, 1.807) is 13.8 Å². The summed E-state index contributed by atoms with van der Waals surface area (Å²) < 4.78 is 11.7. The monoisotopic (exact) mass is 578 g/mol. The maximum atomic E-state index is 13.8. The Bertz CT molecular complexity index is 875. The van der Waals surface area contributed by atoms with Gasteiger partial charge >= 0.3 is 5.97 Å². The number of ether oxygens (including phenoxy) is 2. The van der Waals surface area contributed by atoms with Crippen molar-refractivity contribution in [1.82, 2.24) is 10.6 Å². The first-order chi connectivity index (χ1) is 19.4. The molecule has 1 saturated heterocycles. The standard InChI is InChI=1S/C33H58N2O6/c1-6-7-8-9-10-11-12-13-14-18-32(19-17-20-32)29(39)35-33(21-15-16-22-33)25(28(37)38)23-34-27(36)26-30(2,3)24-40-31(4,5)41-26/h25-26H,6-24H2,1-5H3,(H,34,36)(H,35,39)(H,37,38). The maximum absolute atomic E-state index is 13.8. The summed E-state index contributed by atoms with van der Waals surface area (Å²) in [7, 11) is 0. The van der Waals surface area contributed by atoms with Crippen molar-refractivity contribution >= 4 is 17.8 Å². The summed E-state index contributed by atoms with van der Waals surface area (Å²) in [5.74, 6) is -3.09. The number of carbonyl (C=O) groups is 3. The number of hydrogen-bond donors (Lipinski definition) is 3. The second-order valence-corrected chi connectivity index (χ2v) is 14.3. The molecule has 1 aliphatic heterocycles. The number of unbranched alkanes of at least 4 members (excludes halogenated alkanes) is 8. The Balaban J connectivity index is 1.58. The zero-order valence-electron chi connectivity index (χ0n) is 26.6. The van der Waals surface area contributed by atoms with Gasteiger partial charge in [-0.2, -0.15) is 0 Å². The first kappa shape index (κ1) is 33.8. The van der Waals surface area contributed by atoms with Crippen molar-refractivity contribution in [1.29, 1.82) is 0 Å². The van der Waals surface area contributed by atoms with E-state index in [1.165, 1.54) is 44.9 Å². The topological polar surface area (TPSA) is 114 Å². The Kier molecular flexibility index (Phi) is 12.1. The van der Waals surface area contributed by atoms with Crippen molar-refractivity contribution in [2.75, 3.05) is 13.2 Å². The van der Waals surface area contributed by atoms with Gasteiger partial charge in [-0.05, 0) is 46.0 Å². The van der Waals surface area contributed by atoms with Crippen molar-refractivity contribution in [3.8, 4) is 0 Å². The highest BCUT2D eigenvalue weighted by molar-refractivity contribution is 5.86. The number of hydrogen-bond acceptors (Lipinski definition) is 5. The van der Waals surface area contributed by atoms with Gasteiger partial charge in [0.1, 0.15) is 6.10 Å². The van der Waals surface area contributed by atoms with Crippen LogP contribution in [0.15, 0.2) is 0 Å². The fourth-order valence-electron chi connectivity index (χ4n) is 7.03. The van der Waals surface area contributed by atoms with Crippen LogP contribution in [0.5, 0.6) is 0 Å². The van der Waals surface area contributed by atoms with E-state index in [0.29, 0.717) is 19.4 Å². The van der Waals surface area contributed by atoms with Crippen molar-refractivity contribution in [2.24, 2.45) is 16.7 Å². The van der Waals surface area contributed by atoms with Crippen molar-refractivity contribution in [2.45, 2.75) is 161 Å². The second kappa shape index (κ2) is 14.7. The molecule has 3 aliphatic rings. The molecule has 236 valence electrons. The summed E-state index contributed by atoms with van der Waals surface area (Å²) in [5.41, 5.74) is -1.76. The fourth-order valence-corrected chi connectivity index (χ4v) is 7.03. The van der Waals surface area contributed by atoms with Crippen LogP contribution in [0.2, 0.25) is 0 Å². The van der Waals surface area contributed by atoms with Crippen molar-refractivity contribution < 1.29 is 29.0 Å². The zero-order chi connectivity index (χ0) is 30.2. The molecule has 3 N–H and O–H groups in total. The van der Waals surface area contributed by atoms with Gasteiger partial charge < -0.3 is 25.2 Å². The zero-order valence-corrected chi connectivity index (χ0v) is 26.6. The third-order valence-electron chi connectivity index (χ3n) is 10.00. The smallest absolute Gasteiger partial charge is 0.310 e. The van der Waals surface area contributed by atoms with Crippen molar-refractivity contribution in [3.63, 3.8) is 0 Å². The summed E-state index contributed by atoms with van der Waals surface area (Å²) in [6, 6.07) is 0. The summed E-state index contributed by atoms with van der Waals surface area (Å²) in [4.78, 5) is 39.7. The molecule has 0 spiro atoms. The number of carboxylic acid groups (broad SMARTS) is 1. The number of aliphatic carboxylic acids is 1. The van der Waals surface area contributed by atoms with Gasteiger partial charge in [-0.3, -0.25) is 14.4 Å². The summed E-state index contributed by atoms with van der Waals surface area (Å²) in [6.07, 6.45) is 17.2. The minimum absolute atomic E-state index is 0.0263. The number of carbonyl (C=O) groups excluding carboxylic acids is 2. The highest BCUT2D eigenvalue weighted by Gasteiger charge is 2.52. The van der Waals surface area contributed by atoms with E-state index in [1.807, 2.05) is 13.8 Å². The molecular weight excluding hydrogens is 520 g/mol. The Labute approximate surface area is 248 Å². The predicted octanol–water partition coefficient (Wildman–Crippen LogP) is 6.50. The van der Waals surface area contributed by atoms with Crippen LogP contribution in [0.3, 0.4) is 0 Å². The third-order valence-corrected chi connectivity index (χ3v) is 10.00. The van der Waals surface area contributed by atoms with Crippen LogP contribution in [0.25, 0.3) is 0 Å². The third kappa shape index (κ3) is 8.92. The van der Waals surface area contributed by atoms with Gasteiger partial charge in [0, 0.05) is 17.4 Å². The van der Waals surface area contributed by atoms with Gasteiger partial charge in [-0.1, -0.05) is 97.8 Å². The Hall–Kier alpha value is -1.67. The molecule has 2 amide bonds. The molecule has 8 nitrogen and oxygen atoms in total. The van der Waals surface area contributed by atoms with Gasteiger partial charge in [-0.25, -0.2) is 0 Å². The van der Waals surface area contributed by atoms with Crippen LogP contribution in [0, 0.1) is 16.7 Å². The van der Waals surface area contributed by atoms with E-state index in [9.17, 15) is 19.5 Å². The molecule has 41 heavy (non-hydrogen) atoms. The number of rotatable bonds is 17. The minimum Gasteiger partial charge on any atom is -0.481 e. The first-order valence-corrected chi connectivity index (χ1v) is 16.5. The SMILES string of the molecule is CCCCCCCCCCCC1(C(=O)NC2(C(CNC(=O)C3OC(C)(C)OCC3(C)C)C(=O)O)CCCC2)CCC1. The Morgan fingerprint density at radius 2 is 1.44 bits per heavy atom. The molecule has 2 unspecified atom stereocenters. The van der Waals surface area contributed by atoms with E-state index in [4.69, 9.17) is 9.47 Å².